The molecule has 1 aromatic carbocycles. The van der Waals surface area contributed by atoms with Crippen LogP contribution in [-0.2, 0) is 6.18 Å². The zero-order valence-electron chi connectivity index (χ0n) is 10.4. The van der Waals surface area contributed by atoms with E-state index in [0.29, 0.717) is 11.1 Å². The van der Waals surface area contributed by atoms with E-state index in [1.54, 1.807) is 0 Å². The van der Waals surface area contributed by atoms with Gasteiger partial charge in [-0.3, -0.25) is 4.79 Å². The summed E-state index contributed by atoms with van der Waals surface area (Å²) in [4.78, 5) is 15.8. The largest absolute Gasteiger partial charge is 0.416 e. The number of carbonyl (C=O) groups excluding carboxylic acids is 1. The molecule has 0 atom stereocenters. The normalized spacial score (nSPS) is 11.2. The summed E-state index contributed by atoms with van der Waals surface area (Å²) in [5, 5.41) is 2.72. The molecular weight excluding hydrogens is 307 g/mol. The van der Waals surface area contributed by atoms with Crippen LogP contribution < -0.4 is 11.1 Å². The van der Waals surface area contributed by atoms with Crippen LogP contribution in [0.4, 0.5) is 24.7 Å². The number of amides is 1. The van der Waals surface area contributed by atoms with E-state index >= 15 is 0 Å². The Morgan fingerprint density at radius 1 is 1.24 bits per heavy atom. The molecule has 8 heteroatoms. The van der Waals surface area contributed by atoms with Crippen LogP contribution in [-0.4, -0.2) is 10.9 Å². The van der Waals surface area contributed by atoms with Gasteiger partial charge >= 0.3 is 6.18 Å². The predicted octanol–water partition coefficient (Wildman–Crippen LogP) is 3.59. The van der Waals surface area contributed by atoms with Gasteiger partial charge in [0.1, 0.15) is 5.82 Å². The molecule has 0 radical (unpaired) electrons. The highest BCUT2D eigenvalue weighted by Gasteiger charge is 2.31. The number of benzene rings is 1. The summed E-state index contributed by atoms with van der Waals surface area (Å²) in [6, 6.07) is 5.45. The van der Waals surface area contributed by atoms with Crippen molar-refractivity contribution in [3.63, 3.8) is 0 Å². The first-order valence-electron chi connectivity index (χ1n) is 5.67. The Hall–Kier alpha value is -2.28. The molecule has 0 saturated carbocycles. The number of carbonyl (C=O) groups is 1. The molecule has 1 amide bonds. The number of nitrogens with one attached hydrogen (secondary N) is 1. The van der Waals surface area contributed by atoms with Crippen LogP contribution in [0.5, 0.6) is 0 Å². The van der Waals surface area contributed by atoms with E-state index in [1.807, 2.05) is 0 Å². The third-order valence-corrected chi connectivity index (χ3v) is 2.82. The number of aromatic nitrogens is 1. The summed E-state index contributed by atoms with van der Waals surface area (Å²) in [6.07, 6.45) is -3.26. The van der Waals surface area contributed by atoms with Crippen LogP contribution in [0.25, 0.3) is 0 Å². The number of rotatable bonds is 2. The number of hydrogen-bond acceptors (Lipinski definition) is 3. The van der Waals surface area contributed by atoms with Crippen LogP contribution in [0.2, 0.25) is 5.02 Å². The predicted molar refractivity (Wildman–Crippen MR) is 73.1 cm³/mol. The van der Waals surface area contributed by atoms with Crippen LogP contribution in [0.15, 0.2) is 36.5 Å². The van der Waals surface area contributed by atoms with E-state index in [-0.39, 0.29) is 17.1 Å². The standard InChI is InChI=1S/C13H9ClF3N3O/c14-8-2-4-11(19-6-8)20-12(21)9-5-7(13(15,16)17)1-3-10(9)18/h1-6H,18H2,(H,19,20,21). The van der Waals surface area contributed by atoms with Gasteiger partial charge in [-0.1, -0.05) is 11.6 Å². The summed E-state index contributed by atoms with van der Waals surface area (Å²) in [6.45, 7) is 0. The van der Waals surface area contributed by atoms with Gasteiger partial charge in [-0.2, -0.15) is 13.2 Å². The zero-order chi connectivity index (χ0) is 15.6. The van der Waals surface area contributed by atoms with Gasteiger partial charge in [0.2, 0.25) is 0 Å². The van der Waals surface area contributed by atoms with Crippen molar-refractivity contribution in [2.24, 2.45) is 0 Å². The molecular formula is C13H9ClF3N3O. The topological polar surface area (TPSA) is 68.0 Å². The summed E-state index contributed by atoms with van der Waals surface area (Å²) >= 11 is 5.64. The summed E-state index contributed by atoms with van der Waals surface area (Å²) < 4.78 is 37.9. The average Bonchev–Trinajstić information content (AvgIpc) is 2.40. The highest BCUT2D eigenvalue weighted by atomic mass is 35.5. The first-order chi connectivity index (χ1) is 9.77. The maximum absolute atomic E-state index is 12.6. The number of nitrogen functional groups attached to an aromatic ring is 1. The Balaban J connectivity index is 2.28. The van der Waals surface area contributed by atoms with Crippen LogP contribution in [0, 0.1) is 0 Å². The molecule has 0 spiro atoms. The van der Waals surface area contributed by atoms with Gasteiger partial charge < -0.3 is 11.1 Å². The smallest absolute Gasteiger partial charge is 0.398 e. The molecule has 2 rings (SSSR count). The van der Waals surface area contributed by atoms with Gasteiger partial charge in [0.05, 0.1) is 16.1 Å². The van der Waals surface area contributed by atoms with Gasteiger partial charge in [0.15, 0.2) is 0 Å². The van der Waals surface area contributed by atoms with Crippen molar-refractivity contribution < 1.29 is 18.0 Å². The number of anilines is 2. The lowest BCUT2D eigenvalue weighted by molar-refractivity contribution is -0.137. The van der Waals surface area contributed by atoms with Crippen molar-refractivity contribution in [1.82, 2.24) is 4.98 Å². The minimum absolute atomic E-state index is 0.0607. The first kappa shape index (κ1) is 15.1. The highest BCUT2D eigenvalue weighted by molar-refractivity contribution is 6.30. The van der Waals surface area contributed by atoms with Crippen molar-refractivity contribution in [3.8, 4) is 0 Å². The maximum atomic E-state index is 12.6. The van der Waals surface area contributed by atoms with Crippen molar-refractivity contribution in [2.75, 3.05) is 11.1 Å². The molecule has 0 bridgehead atoms. The monoisotopic (exact) mass is 315 g/mol. The van der Waals surface area contributed by atoms with Crippen LogP contribution in [0.1, 0.15) is 15.9 Å². The molecule has 1 aromatic heterocycles. The fourth-order valence-electron chi connectivity index (χ4n) is 1.56. The number of halogens is 4. The molecule has 2 aromatic rings. The summed E-state index contributed by atoms with van der Waals surface area (Å²) in [5.74, 6) is -0.630. The van der Waals surface area contributed by atoms with Crippen LogP contribution >= 0.6 is 11.6 Å². The Kier molecular flexibility index (Phi) is 4.04. The molecule has 1 heterocycles. The SMILES string of the molecule is Nc1ccc(C(F)(F)F)cc1C(=O)Nc1ccc(Cl)cn1. The maximum Gasteiger partial charge on any atom is 0.416 e. The fourth-order valence-corrected chi connectivity index (χ4v) is 1.67. The Morgan fingerprint density at radius 2 is 1.95 bits per heavy atom. The lowest BCUT2D eigenvalue weighted by Crippen LogP contribution is -2.16. The molecule has 4 nitrogen and oxygen atoms in total. The van der Waals surface area contributed by atoms with Crippen LogP contribution in [0.3, 0.4) is 0 Å². The Bertz CT molecular complexity index is 671. The fraction of sp³-hybridized carbons (Fsp3) is 0.0769. The molecule has 0 aliphatic heterocycles. The third kappa shape index (κ3) is 3.63. The number of nitrogens with zero attached hydrogens (tertiary/aromatic N) is 1. The van der Waals surface area contributed by atoms with Crippen molar-refractivity contribution in [3.05, 3.63) is 52.7 Å². The van der Waals surface area contributed by atoms with Gasteiger partial charge in [-0.15, -0.1) is 0 Å². The second-order valence-electron chi connectivity index (χ2n) is 4.12. The minimum Gasteiger partial charge on any atom is -0.398 e. The van der Waals surface area contributed by atoms with Gasteiger partial charge in [0.25, 0.3) is 5.91 Å². The first-order valence-corrected chi connectivity index (χ1v) is 6.05. The van der Waals surface area contributed by atoms with Crippen molar-refractivity contribution in [1.29, 1.82) is 0 Å². The van der Waals surface area contributed by atoms with Crippen molar-refractivity contribution >= 4 is 29.0 Å². The van der Waals surface area contributed by atoms with E-state index in [1.165, 1.54) is 18.3 Å². The lowest BCUT2D eigenvalue weighted by atomic mass is 10.1. The van der Waals surface area contributed by atoms with E-state index in [9.17, 15) is 18.0 Å². The third-order valence-electron chi connectivity index (χ3n) is 2.59. The minimum atomic E-state index is -4.55. The lowest BCUT2D eigenvalue weighted by Gasteiger charge is -2.11. The summed E-state index contributed by atoms with van der Waals surface area (Å²) in [7, 11) is 0. The van der Waals surface area contributed by atoms with E-state index < -0.39 is 17.6 Å². The quantitative estimate of drug-likeness (QED) is 0.832. The highest BCUT2D eigenvalue weighted by Crippen LogP contribution is 2.31. The van der Waals surface area contributed by atoms with Gasteiger partial charge in [-0.25, -0.2) is 4.98 Å². The zero-order valence-corrected chi connectivity index (χ0v) is 11.2. The number of hydrogen-bond donors (Lipinski definition) is 2. The van der Waals surface area contributed by atoms with Crippen molar-refractivity contribution in [2.45, 2.75) is 6.18 Å². The average molecular weight is 316 g/mol. The summed E-state index contributed by atoms with van der Waals surface area (Å²) in [5.41, 5.74) is 4.25. The van der Waals surface area contributed by atoms with E-state index in [0.717, 1.165) is 12.1 Å². The number of pyridine rings is 1. The number of alkyl halides is 3. The molecule has 0 aliphatic carbocycles. The molecule has 21 heavy (non-hydrogen) atoms. The molecule has 0 aliphatic rings. The van der Waals surface area contributed by atoms with E-state index in [4.69, 9.17) is 17.3 Å². The molecule has 110 valence electrons. The molecule has 0 unspecified atom stereocenters. The van der Waals surface area contributed by atoms with E-state index in [2.05, 4.69) is 10.3 Å². The molecule has 0 saturated heterocycles. The Morgan fingerprint density at radius 3 is 2.52 bits per heavy atom. The van der Waals surface area contributed by atoms with Gasteiger partial charge in [-0.05, 0) is 30.3 Å². The second-order valence-corrected chi connectivity index (χ2v) is 4.55. The number of nitrogens with two attached hydrogens (primary N) is 1. The molecule has 3 N–H and O–H groups in total. The molecule has 0 fully saturated rings. The second kappa shape index (κ2) is 5.61. The van der Waals surface area contributed by atoms with Gasteiger partial charge in [0, 0.05) is 11.9 Å². The Labute approximate surface area is 122 Å².